The molecule has 2 rings (SSSR count). The second-order valence-corrected chi connectivity index (χ2v) is 6.02. The third-order valence-electron chi connectivity index (χ3n) is 2.96. The van der Waals surface area contributed by atoms with E-state index in [9.17, 15) is 10.1 Å². The summed E-state index contributed by atoms with van der Waals surface area (Å²) < 4.78 is 1.52. The largest absolute Gasteiger partial charge is 0.381 e. The summed E-state index contributed by atoms with van der Waals surface area (Å²) in [6.07, 6.45) is 0. The van der Waals surface area contributed by atoms with Crippen LogP contribution in [0.3, 0.4) is 0 Å². The summed E-state index contributed by atoms with van der Waals surface area (Å²) in [4.78, 5) is 10.5. The van der Waals surface area contributed by atoms with Gasteiger partial charge in [-0.2, -0.15) is 0 Å². The standard InChI is InChI=1S/C14H12Br2N2O2/c1-9-11(15)3-2-4-13(9)17-8-10-5-6-12(16)14(7-10)18(19)20/h2-7,17H,8H2,1H3. The quantitative estimate of drug-likeness (QED) is 0.578. The van der Waals surface area contributed by atoms with Gasteiger partial charge in [0.25, 0.3) is 5.69 Å². The zero-order valence-electron chi connectivity index (χ0n) is 10.7. The van der Waals surface area contributed by atoms with Gasteiger partial charge in [0.2, 0.25) is 0 Å². The number of nitro benzene ring substituents is 1. The van der Waals surface area contributed by atoms with Gasteiger partial charge in [-0.3, -0.25) is 10.1 Å². The number of anilines is 1. The van der Waals surface area contributed by atoms with Crippen LogP contribution in [0.5, 0.6) is 0 Å². The van der Waals surface area contributed by atoms with Crippen molar-refractivity contribution in [2.24, 2.45) is 0 Å². The Balaban J connectivity index is 2.17. The number of nitrogens with one attached hydrogen (secondary N) is 1. The van der Waals surface area contributed by atoms with Crippen LogP contribution in [0.25, 0.3) is 0 Å². The van der Waals surface area contributed by atoms with E-state index in [4.69, 9.17) is 0 Å². The van der Waals surface area contributed by atoms with Crippen LogP contribution in [0, 0.1) is 17.0 Å². The summed E-state index contributed by atoms with van der Waals surface area (Å²) in [5, 5.41) is 14.2. The Morgan fingerprint density at radius 3 is 2.65 bits per heavy atom. The van der Waals surface area contributed by atoms with Crippen molar-refractivity contribution in [3.05, 3.63) is 66.6 Å². The Hall–Kier alpha value is -1.40. The molecule has 0 unspecified atom stereocenters. The predicted molar refractivity (Wildman–Crippen MR) is 87.0 cm³/mol. The van der Waals surface area contributed by atoms with Crippen LogP contribution in [0.15, 0.2) is 45.3 Å². The number of rotatable bonds is 4. The van der Waals surface area contributed by atoms with Gasteiger partial charge in [0.1, 0.15) is 0 Å². The van der Waals surface area contributed by atoms with Crippen molar-refractivity contribution in [1.29, 1.82) is 0 Å². The summed E-state index contributed by atoms with van der Waals surface area (Å²) in [5.41, 5.74) is 3.05. The Labute approximate surface area is 133 Å². The Morgan fingerprint density at radius 1 is 1.20 bits per heavy atom. The minimum absolute atomic E-state index is 0.0789. The van der Waals surface area contributed by atoms with Crippen molar-refractivity contribution >= 4 is 43.2 Å². The van der Waals surface area contributed by atoms with Crippen LogP contribution < -0.4 is 5.32 Å². The molecular formula is C14H12Br2N2O2. The lowest BCUT2D eigenvalue weighted by Crippen LogP contribution is -2.02. The van der Waals surface area contributed by atoms with Gasteiger partial charge >= 0.3 is 0 Å². The van der Waals surface area contributed by atoms with E-state index in [1.165, 1.54) is 0 Å². The van der Waals surface area contributed by atoms with E-state index in [-0.39, 0.29) is 5.69 Å². The number of nitro groups is 1. The normalized spacial score (nSPS) is 10.3. The van der Waals surface area contributed by atoms with Gasteiger partial charge in [-0.1, -0.05) is 28.1 Å². The van der Waals surface area contributed by atoms with E-state index in [1.807, 2.05) is 31.2 Å². The maximum absolute atomic E-state index is 10.9. The first-order valence-corrected chi connectivity index (χ1v) is 7.49. The molecule has 0 heterocycles. The van der Waals surface area contributed by atoms with E-state index in [2.05, 4.69) is 37.2 Å². The Morgan fingerprint density at radius 2 is 1.95 bits per heavy atom. The number of benzene rings is 2. The van der Waals surface area contributed by atoms with Crippen molar-refractivity contribution in [3.63, 3.8) is 0 Å². The van der Waals surface area contributed by atoms with E-state index in [0.29, 0.717) is 11.0 Å². The van der Waals surface area contributed by atoms with Gasteiger partial charge in [0.15, 0.2) is 0 Å². The van der Waals surface area contributed by atoms with Gasteiger partial charge in [-0.15, -0.1) is 0 Å². The fraction of sp³-hybridized carbons (Fsp3) is 0.143. The van der Waals surface area contributed by atoms with E-state index < -0.39 is 4.92 Å². The molecule has 0 aromatic heterocycles. The molecule has 20 heavy (non-hydrogen) atoms. The topological polar surface area (TPSA) is 55.2 Å². The minimum atomic E-state index is -0.391. The van der Waals surface area contributed by atoms with Crippen LogP contribution in [0.1, 0.15) is 11.1 Å². The average Bonchev–Trinajstić information content (AvgIpc) is 2.41. The highest BCUT2D eigenvalue weighted by Gasteiger charge is 2.12. The first-order chi connectivity index (χ1) is 9.49. The summed E-state index contributed by atoms with van der Waals surface area (Å²) in [6, 6.07) is 11.0. The van der Waals surface area contributed by atoms with Crippen molar-refractivity contribution in [1.82, 2.24) is 0 Å². The molecule has 2 aromatic rings. The van der Waals surface area contributed by atoms with Crippen LogP contribution in [0.2, 0.25) is 0 Å². The van der Waals surface area contributed by atoms with Gasteiger partial charge < -0.3 is 5.32 Å². The molecule has 0 aliphatic rings. The van der Waals surface area contributed by atoms with Crippen LogP contribution in [0.4, 0.5) is 11.4 Å². The molecule has 0 fully saturated rings. The molecule has 2 aromatic carbocycles. The zero-order valence-corrected chi connectivity index (χ0v) is 13.9. The van der Waals surface area contributed by atoms with Crippen LogP contribution in [-0.4, -0.2) is 4.92 Å². The number of halogens is 2. The first kappa shape index (κ1) is 15.0. The summed E-state index contributed by atoms with van der Waals surface area (Å²) >= 11 is 6.66. The monoisotopic (exact) mass is 398 g/mol. The van der Waals surface area contributed by atoms with E-state index in [0.717, 1.165) is 21.3 Å². The third kappa shape index (κ3) is 3.37. The lowest BCUT2D eigenvalue weighted by molar-refractivity contribution is -0.385. The number of nitrogens with zero attached hydrogens (tertiary/aromatic N) is 1. The Kier molecular flexibility index (Phi) is 4.77. The summed E-state index contributed by atoms with van der Waals surface area (Å²) in [6.45, 7) is 2.54. The lowest BCUT2D eigenvalue weighted by atomic mass is 10.1. The number of hydrogen-bond donors (Lipinski definition) is 1. The van der Waals surface area contributed by atoms with Crippen molar-refractivity contribution in [3.8, 4) is 0 Å². The summed E-state index contributed by atoms with van der Waals surface area (Å²) in [5.74, 6) is 0. The highest BCUT2D eigenvalue weighted by Crippen LogP contribution is 2.27. The molecule has 104 valence electrons. The van der Waals surface area contributed by atoms with Crippen LogP contribution >= 0.6 is 31.9 Å². The fourth-order valence-electron chi connectivity index (χ4n) is 1.80. The number of hydrogen-bond acceptors (Lipinski definition) is 3. The second kappa shape index (κ2) is 6.37. The molecule has 0 saturated heterocycles. The van der Waals surface area contributed by atoms with E-state index >= 15 is 0 Å². The SMILES string of the molecule is Cc1c(Br)cccc1NCc1ccc(Br)c([N+](=O)[O-])c1. The van der Waals surface area contributed by atoms with Gasteiger partial charge in [-0.25, -0.2) is 0 Å². The molecule has 0 aliphatic heterocycles. The molecule has 1 N–H and O–H groups in total. The molecule has 0 aliphatic carbocycles. The predicted octanol–water partition coefficient (Wildman–Crippen LogP) is 5.04. The minimum Gasteiger partial charge on any atom is -0.381 e. The molecule has 6 heteroatoms. The fourth-order valence-corrected chi connectivity index (χ4v) is 2.56. The van der Waals surface area contributed by atoms with E-state index in [1.54, 1.807) is 12.1 Å². The maximum Gasteiger partial charge on any atom is 0.283 e. The third-order valence-corrected chi connectivity index (χ3v) is 4.49. The molecule has 0 saturated carbocycles. The smallest absolute Gasteiger partial charge is 0.283 e. The first-order valence-electron chi connectivity index (χ1n) is 5.91. The molecule has 4 nitrogen and oxygen atoms in total. The highest BCUT2D eigenvalue weighted by molar-refractivity contribution is 9.10. The Bertz CT molecular complexity index is 660. The van der Waals surface area contributed by atoms with Crippen LogP contribution in [-0.2, 0) is 6.54 Å². The van der Waals surface area contributed by atoms with Crippen molar-refractivity contribution in [2.75, 3.05) is 5.32 Å². The van der Waals surface area contributed by atoms with Gasteiger partial charge in [0, 0.05) is 22.8 Å². The lowest BCUT2D eigenvalue weighted by Gasteiger charge is -2.11. The molecule has 0 amide bonds. The summed E-state index contributed by atoms with van der Waals surface area (Å²) in [7, 11) is 0. The van der Waals surface area contributed by atoms with Crippen molar-refractivity contribution in [2.45, 2.75) is 13.5 Å². The second-order valence-electron chi connectivity index (χ2n) is 4.31. The highest BCUT2D eigenvalue weighted by atomic mass is 79.9. The molecule has 0 radical (unpaired) electrons. The molecular weight excluding hydrogens is 388 g/mol. The molecule has 0 bridgehead atoms. The zero-order chi connectivity index (χ0) is 14.7. The maximum atomic E-state index is 10.9. The van der Waals surface area contributed by atoms with Gasteiger partial charge in [-0.05, 0) is 52.2 Å². The molecule has 0 atom stereocenters. The molecule has 0 spiro atoms. The van der Waals surface area contributed by atoms with Crippen molar-refractivity contribution < 1.29 is 4.92 Å². The van der Waals surface area contributed by atoms with Gasteiger partial charge in [0.05, 0.1) is 9.40 Å². The average molecular weight is 400 g/mol.